The normalized spacial score (nSPS) is 15.9. The maximum absolute atomic E-state index is 13.4. The van der Waals surface area contributed by atoms with Gasteiger partial charge in [-0.1, -0.05) is 24.3 Å². The lowest BCUT2D eigenvalue weighted by atomic mass is 9.79. The van der Waals surface area contributed by atoms with Gasteiger partial charge >= 0.3 is 0 Å². The predicted octanol–water partition coefficient (Wildman–Crippen LogP) is 5.74. The van der Waals surface area contributed by atoms with Crippen LogP contribution >= 0.6 is 11.3 Å². The number of hydrogen-bond donors (Lipinski definition) is 4. The van der Waals surface area contributed by atoms with Crippen molar-refractivity contribution in [3.63, 3.8) is 0 Å². The second-order valence-corrected chi connectivity index (χ2v) is 12.6. The highest BCUT2D eigenvalue weighted by atomic mass is 32.1. The molecule has 42 heavy (non-hydrogen) atoms. The molecule has 0 saturated carbocycles. The minimum Gasteiger partial charge on any atom is -0.507 e. The zero-order valence-corrected chi connectivity index (χ0v) is 24.7. The van der Waals surface area contributed by atoms with Crippen LogP contribution < -0.4 is 16.0 Å². The maximum atomic E-state index is 13.4. The Morgan fingerprint density at radius 2 is 1.76 bits per heavy atom. The molecule has 0 unspecified atom stereocenters. The second-order valence-electron chi connectivity index (χ2n) is 11.8. The van der Waals surface area contributed by atoms with E-state index in [2.05, 4.69) is 59.7 Å². The predicted molar refractivity (Wildman–Crippen MR) is 163 cm³/mol. The van der Waals surface area contributed by atoms with E-state index in [4.69, 9.17) is 0 Å². The molecule has 4 aromatic rings. The summed E-state index contributed by atoms with van der Waals surface area (Å²) in [5, 5.41) is 32.2. The number of carbonyl (C=O) groups is 2. The number of piperidine rings is 1. The van der Waals surface area contributed by atoms with Crippen molar-refractivity contribution in [3.8, 4) is 34.2 Å². The Morgan fingerprint density at radius 3 is 2.43 bits per heavy atom. The summed E-state index contributed by atoms with van der Waals surface area (Å²) in [5.74, 6) is -0.683. The lowest BCUT2D eigenvalue weighted by Crippen LogP contribution is -2.62. The molecule has 0 atom stereocenters. The Kier molecular flexibility index (Phi) is 7.82. The summed E-state index contributed by atoms with van der Waals surface area (Å²) in [7, 11) is 0. The Morgan fingerprint density at radius 1 is 1.02 bits per heavy atom. The van der Waals surface area contributed by atoms with Gasteiger partial charge in [0.05, 0.1) is 5.69 Å². The van der Waals surface area contributed by atoms with Crippen LogP contribution in [-0.4, -0.2) is 44.0 Å². The summed E-state index contributed by atoms with van der Waals surface area (Å²) in [6.07, 6.45) is 3.10. The molecule has 2 amide bonds. The first-order valence-electron chi connectivity index (χ1n) is 13.6. The molecule has 2 aromatic carbocycles. The molecule has 1 aliphatic heterocycles. The van der Waals surface area contributed by atoms with Crippen LogP contribution in [0.1, 0.15) is 66.3 Å². The molecule has 4 N–H and O–H groups in total. The summed E-state index contributed by atoms with van der Waals surface area (Å²) in [4.78, 5) is 35.0. The smallest absolute Gasteiger partial charge is 0.285 e. The van der Waals surface area contributed by atoms with Crippen molar-refractivity contribution >= 4 is 29.0 Å². The van der Waals surface area contributed by atoms with Crippen molar-refractivity contribution in [2.45, 2.75) is 57.7 Å². The third-order valence-corrected chi connectivity index (χ3v) is 7.90. The Balaban J connectivity index is 1.54. The van der Waals surface area contributed by atoms with Crippen LogP contribution in [0.2, 0.25) is 0 Å². The second kappa shape index (κ2) is 11.4. The number of amides is 2. The topological polar surface area (TPSA) is 140 Å². The number of aromatic hydroxyl groups is 1. The van der Waals surface area contributed by atoms with Gasteiger partial charge in [-0.25, -0.2) is 9.97 Å². The first-order valence-corrected chi connectivity index (χ1v) is 14.5. The number of nitrogens with one attached hydrogen (secondary N) is 3. The highest BCUT2D eigenvalue weighted by Crippen LogP contribution is 2.36. The number of benzene rings is 2. The van der Waals surface area contributed by atoms with E-state index in [1.54, 1.807) is 53.9 Å². The molecule has 10 heteroatoms. The fraction of sp³-hybridized carbons (Fsp3) is 0.281. The Labute approximate surface area is 248 Å². The van der Waals surface area contributed by atoms with Crippen LogP contribution in [0.3, 0.4) is 0 Å². The number of carbonyl (C=O) groups excluding carboxylic acids is 2. The average molecular weight is 581 g/mol. The Bertz CT molecular complexity index is 1670. The monoisotopic (exact) mass is 580 g/mol. The van der Waals surface area contributed by atoms with Gasteiger partial charge in [0, 0.05) is 45.4 Å². The van der Waals surface area contributed by atoms with Crippen molar-refractivity contribution in [1.82, 2.24) is 20.6 Å². The molecule has 0 spiro atoms. The molecular weight excluding hydrogens is 548 g/mol. The fourth-order valence-corrected chi connectivity index (χ4v) is 6.35. The van der Waals surface area contributed by atoms with Gasteiger partial charge in [0.15, 0.2) is 10.8 Å². The third-order valence-electron chi connectivity index (χ3n) is 7.13. The van der Waals surface area contributed by atoms with Crippen LogP contribution in [0.25, 0.3) is 22.4 Å². The number of hydrogen-bond acceptors (Lipinski definition) is 8. The van der Waals surface area contributed by atoms with E-state index in [9.17, 15) is 20.0 Å². The molecule has 1 aliphatic rings. The largest absolute Gasteiger partial charge is 0.507 e. The molecule has 0 bridgehead atoms. The van der Waals surface area contributed by atoms with E-state index in [0.717, 1.165) is 24.2 Å². The first kappa shape index (κ1) is 28.9. The van der Waals surface area contributed by atoms with Gasteiger partial charge in [-0.2, -0.15) is 5.26 Å². The van der Waals surface area contributed by atoms with Crippen molar-refractivity contribution in [3.05, 3.63) is 82.3 Å². The van der Waals surface area contributed by atoms with Gasteiger partial charge in [0.25, 0.3) is 11.8 Å². The third kappa shape index (κ3) is 6.33. The SMILES string of the molecule is CC1(C)CC(NC(=O)c2cccc(-c3cc(-c4ccccc4O)nc(NC(=O)c4nccs4)c3C#N)c2)CC(C)(C)N1. The van der Waals surface area contributed by atoms with Crippen molar-refractivity contribution in [2.24, 2.45) is 0 Å². The number of phenols is 1. The van der Waals surface area contributed by atoms with Gasteiger partial charge < -0.3 is 21.1 Å². The first-order chi connectivity index (χ1) is 19.9. The Hall–Kier alpha value is -4.59. The lowest BCUT2D eigenvalue weighted by Gasteiger charge is -2.46. The number of nitriles is 1. The molecule has 0 aliphatic carbocycles. The van der Waals surface area contributed by atoms with Crippen molar-refractivity contribution in [1.29, 1.82) is 5.26 Å². The number of anilines is 1. The minimum atomic E-state index is -0.504. The molecule has 2 aromatic heterocycles. The van der Waals surface area contributed by atoms with Gasteiger partial charge in [-0.15, -0.1) is 11.3 Å². The van der Waals surface area contributed by atoms with Crippen molar-refractivity contribution < 1.29 is 14.7 Å². The maximum Gasteiger partial charge on any atom is 0.285 e. The summed E-state index contributed by atoms with van der Waals surface area (Å²) in [6, 6.07) is 17.6. The van der Waals surface area contributed by atoms with Gasteiger partial charge in [-0.05, 0) is 76.4 Å². The van der Waals surface area contributed by atoms with E-state index in [1.165, 1.54) is 12.3 Å². The van der Waals surface area contributed by atoms with Crippen LogP contribution in [-0.2, 0) is 0 Å². The summed E-state index contributed by atoms with van der Waals surface area (Å²) >= 11 is 1.16. The molecular formula is C32H32N6O3S. The van der Waals surface area contributed by atoms with Crippen LogP contribution in [0.4, 0.5) is 5.82 Å². The highest BCUT2D eigenvalue weighted by molar-refractivity contribution is 7.11. The summed E-state index contributed by atoms with van der Waals surface area (Å²) in [6.45, 7) is 8.53. The lowest BCUT2D eigenvalue weighted by molar-refractivity contribution is 0.0872. The fourth-order valence-electron chi connectivity index (χ4n) is 5.82. The molecule has 3 heterocycles. The van der Waals surface area contributed by atoms with E-state index in [1.807, 2.05) is 0 Å². The molecule has 1 fully saturated rings. The zero-order valence-electron chi connectivity index (χ0n) is 23.9. The number of pyridine rings is 1. The number of thiazole rings is 1. The van der Waals surface area contributed by atoms with Crippen molar-refractivity contribution in [2.75, 3.05) is 5.32 Å². The number of para-hydroxylation sites is 1. The highest BCUT2D eigenvalue weighted by Gasteiger charge is 2.38. The van der Waals surface area contributed by atoms with Gasteiger partial charge in [0.2, 0.25) is 0 Å². The summed E-state index contributed by atoms with van der Waals surface area (Å²) < 4.78 is 0. The quantitative estimate of drug-likeness (QED) is 0.228. The number of phenolic OH excluding ortho intramolecular Hbond substituents is 1. The van der Waals surface area contributed by atoms with Gasteiger partial charge in [-0.3, -0.25) is 9.59 Å². The van der Waals surface area contributed by atoms with E-state index in [-0.39, 0.29) is 45.2 Å². The van der Waals surface area contributed by atoms with E-state index >= 15 is 0 Å². The van der Waals surface area contributed by atoms with E-state index in [0.29, 0.717) is 27.9 Å². The van der Waals surface area contributed by atoms with Crippen LogP contribution in [0, 0.1) is 11.3 Å². The molecule has 0 radical (unpaired) electrons. The molecule has 9 nitrogen and oxygen atoms in total. The van der Waals surface area contributed by atoms with Gasteiger partial charge in [0.1, 0.15) is 17.4 Å². The molecule has 1 saturated heterocycles. The standard InChI is InChI=1S/C32H32N6O3S/c1-31(2)16-21(17-32(3,4)38-31)35-28(40)20-9-7-8-19(14-20)23-15-25(22-10-5-6-11-26(22)39)36-27(24(23)18-33)37-29(41)30-34-12-13-42-30/h5-15,21,38-39H,16-17H2,1-4H3,(H,35,40)(H,36,37,41). The number of rotatable bonds is 6. The summed E-state index contributed by atoms with van der Waals surface area (Å²) in [5.41, 5.74) is 2.15. The molecule has 214 valence electrons. The zero-order chi connectivity index (χ0) is 30.1. The number of nitrogens with zero attached hydrogens (tertiary/aromatic N) is 3. The van der Waals surface area contributed by atoms with E-state index < -0.39 is 5.91 Å². The molecule has 5 rings (SSSR count). The minimum absolute atomic E-state index is 0.00111. The number of aromatic nitrogens is 2. The van der Waals surface area contributed by atoms with Crippen LogP contribution in [0.5, 0.6) is 5.75 Å². The average Bonchev–Trinajstić information content (AvgIpc) is 3.47. The van der Waals surface area contributed by atoms with Crippen LogP contribution in [0.15, 0.2) is 66.2 Å².